The Balaban J connectivity index is 1.89. The Morgan fingerprint density at radius 1 is 1.12 bits per heavy atom. The summed E-state index contributed by atoms with van der Waals surface area (Å²) < 4.78 is 53.9. The number of fused-ring (bicyclic) bond motifs is 1. The lowest BCUT2D eigenvalue weighted by Gasteiger charge is -2.18. The quantitative estimate of drug-likeness (QED) is 0.663. The molecule has 0 radical (unpaired) electrons. The molecule has 2 aromatic carbocycles. The summed E-state index contributed by atoms with van der Waals surface area (Å²) in [5.41, 5.74) is -0.586. The van der Waals surface area contributed by atoms with Gasteiger partial charge in [0.25, 0.3) is 0 Å². The number of aromatic nitrogens is 1. The van der Waals surface area contributed by atoms with Gasteiger partial charge in [0.15, 0.2) is 0 Å². The van der Waals surface area contributed by atoms with Crippen LogP contribution >= 0.6 is 0 Å². The van der Waals surface area contributed by atoms with Gasteiger partial charge in [-0.15, -0.1) is 0 Å². The number of carbonyl (C=O) groups is 1. The zero-order valence-electron chi connectivity index (χ0n) is 13.1. The molecule has 3 nitrogen and oxygen atoms in total. The molecule has 0 aliphatic heterocycles. The minimum absolute atomic E-state index is 0.297. The number of anilines is 1. The molecule has 0 spiro atoms. The zero-order valence-corrected chi connectivity index (χ0v) is 13.1. The maximum Gasteiger partial charge on any atom is 0.418 e. The molecule has 3 rings (SSSR count). The van der Waals surface area contributed by atoms with E-state index in [1.54, 1.807) is 23.8 Å². The van der Waals surface area contributed by atoms with Crippen LogP contribution in [0.4, 0.5) is 23.2 Å². The Labute approximate surface area is 140 Å². The van der Waals surface area contributed by atoms with Gasteiger partial charge < -0.3 is 9.88 Å². The predicted octanol–water partition coefficient (Wildman–Crippen LogP) is 5.00. The second kappa shape index (κ2) is 6.23. The lowest BCUT2D eigenvalue weighted by atomic mass is 10.1. The minimum atomic E-state index is -4.56. The summed E-state index contributed by atoms with van der Waals surface area (Å²) >= 11 is 0. The average molecular weight is 350 g/mol. The highest BCUT2D eigenvalue weighted by Crippen LogP contribution is 2.35. The number of nitrogens with zero attached hydrogens (tertiary/aromatic N) is 1. The number of para-hydroxylation sites is 1. The van der Waals surface area contributed by atoms with E-state index in [0.29, 0.717) is 10.9 Å². The summed E-state index contributed by atoms with van der Waals surface area (Å²) in [5.74, 6) is -1.00. The highest BCUT2D eigenvalue weighted by molar-refractivity contribution is 5.95. The highest BCUT2D eigenvalue weighted by Gasteiger charge is 2.34. The molecule has 0 aliphatic carbocycles. The number of amides is 1. The molecular formula is C18H14F4N2O. The van der Waals surface area contributed by atoms with E-state index < -0.39 is 29.5 Å². The van der Waals surface area contributed by atoms with E-state index >= 15 is 0 Å². The molecule has 0 bridgehead atoms. The van der Waals surface area contributed by atoms with Crippen molar-refractivity contribution in [2.45, 2.75) is 19.1 Å². The van der Waals surface area contributed by atoms with Crippen molar-refractivity contribution in [1.29, 1.82) is 0 Å². The topological polar surface area (TPSA) is 34.0 Å². The highest BCUT2D eigenvalue weighted by atomic mass is 19.4. The number of rotatable bonds is 3. The van der Waals surface area contributed by atoms with Crippen molar-refractivity contribution < 1.29 is 22.4 Å². The molecule has 1 heterocycles. The molecule has 0 aliphatic rings. The number of carbonyl (C=O) groups excluding carboxylic acids is 1. The number of nitrogens with one attached hydrogen (secondary N) is 1. The third kappa shape index (κ3) is 3.35. The lowest BCUT2D eigenvalue weighted by molar-refractivity contribution is -0.137. The molecule has 1 unspecified atom stereocenters. The normalized spacial score (nSPS) is 13.0. The van der Waals surface area contributed by atoms with Crippen molar-refractivity contribution in [3.05, 3.63) is 66.1 Å². The third-order valence-electron chi connectivity index (χ3n) is 3.97. The van der Waals surface area contributed by atoms with Crippen LogP contribution in [0.1, 0.15) is 18.5 Å². The first-order valence-corrected chi connectivity index (χ1v) is 7.50. The SMILES string of the molecule is CC(C(=O)Nc1ccccc1C(F)(F)F)n1ccc2cc(F)ccc21. The second-order valence-corrected chi connectivity index (χ2v) is 5.63. The van der Waals surface area contributed by atoms with Crippen molar-refractivity contribution in [3.8, 4) is 0 Å². The van der Waals surface area contributed by atoms with Gasteiger partial charge in [-0.3, -0.25) is 4.79 Å². The van der Waals surface area contributed by atoms with E-state index in [9.17, 15) is 22.4 Å². The van der Waals surface area contributed by atoms with Crippen LogP contribution in [-0.2, 0) is 11.0 Å². The van der Waals surface area contributed by atoms with Crippen LogP contribution in [-0.4, -0.2) is 10.5 Å². The fourth-order valence-corrected chi connectivity index (χ4v) is 2.68. The molecule has 0 saturated heterocycles. The molecule has 0 saturated carbocycles. The molecule has 0 fully saturated rings. The van der Waals surface area contributed by atoms with E-state index in [4.69, 9.17) is 0 Å². The van der Waals surface area contributed by atoms with Crippen molar-refractivity contribution in [1.82, 2.24) is 4.57 Å². The fourth-order valence-electron chi connectivity index (χ4n) is 2.68. The first kappa shape index (κ1) is 17.0. The molecule has 1 atom stereocenters. The maximum atomic E-state index is 13.3. The summed E-state index contributed by atoms with van der Waals surface area (Å²) in [6.45, 7) is 1.56. The molecule has 130 valence electrons. The molecule has 25 heavy (non-hydrogen) atoms. The smallest absolute Gasteiger partial charge is 0.335 e. The van der Waals surface area contributed by atoms with Gasteiger partial charge in [0, 0.05) is 17.1 Å². The van der Waals surface area contributed by atoms with Crippen molar-refractivity contribution in [2.24, 2.45) is 0 Å². The van der Waals surface area contributed by atoms with Gasteiger partial charge in [0.1, 0.15) is 11.9 Å². The van der Waals surface area contributed by atoms with Crippen LogP contribution in [0.15, 0.2) is 54.7 Å². The Hall–Kier alpha value is -2.83. The Bertz CT molecular complexity index is 930. The van der Waals surface area contributed by atoms with E-state index in [1.807, 2.05) is 0 Å². The maximum absolute atomic E-state index is 13.3. The number of hydrogen-bond donors (Lipinski definition) is 1. The van der Waals surface area contributed by atoms with Crippen LogP contribution < -0.4 is 5.32 Å². The van der Waals surface area contributed by atoms with E-state index in [1.165, 1.54) is 36.4 Å². The standard InChI is InChI=1S/C18H14F4N2O/c1-11(24-9-8-12-10-13(19)6-7-16(12)24)17(25)23-15-5-3-2-4-14(15)18(20,21)22/h2-11H,1H3,(H,23,25). The van der Waals surface area contributed by atoms with Gasteiger partial charge in [-0.25, -0.2) is 4.39 Å². The second-order valence-electron chi connectivity index (χ2n) is 5.63. The number of halogens is 4. The predicted molar refractivity (Wildman–Crippen MR) is 86.7 cm³/mol. The van der Waals surface area contributed by atoms with E-state index in [2.05, 4.69) is 5.32 Å². The number of alkyl halides is 3. The largest absolute Gasteiger partial charge is 0.418 e. The van der Waals surface area contributed by atoms with Gasteiger partial charge in [-0.05, 0) is 43.3 Å². The van der Waals surface area contributed by atoms with Crippen molar-refractivity contribution >= 4 is 22.5 Å². The summed E-state index contributed by atoms with van der Waals surface area (Å²) in [6, 6.07) is 9.79. The Morgan fingerprint density at radius 3 is 2.56 bits per heavy atom. The summed E-state index contributed by atoms with van der Waals surface area (Å²) in [4.78, 5) is 12.4. The number of hydrogen-bond acceptors (Lipinski definition) is 1. The molecule has 1 N–H and O–H groups in total. The molecule has 1 aromatic heterocycles. The van der Waals surface area contributed by atoms with Crippen LogP contribution in [0, 0.1) is 5.82 Å². The fraction of sp³-hybridized carbons (Fsp3) is 0.167. The average Bonchev–Trinajstić information content (AvgIpc) is 2.96. The monoisotopic (exact) mass is 350 g/mol. The summed E-state index contributed by atoms with van der Waals surface area (Å²) in [6.07, 6.45) is -2.96. The molecule has 3 aromatic rings. The van der Waals surface area contributed by atoms with Crippen molar-refractivity contribution in [3.63, 3.8) is 0 Å². The van der Waals surface area contributed by atoms with Gasteiger partial charge in [0.05, 0.1) is 11.3 Å². The first-order valence-electron chi connectivity index (χ1n) is 7.50. The van der Waals surface area contributed by atoms with E-state index in [-0.39, 0.29) is 5.69 Å². The van der Waals surface area contributed by atoms with E-state index in [0.717, 1.165) is 6.07 Å². The van der Waals surface area contributed by atoms with Gasteiger partial charge in [0.2, 0.25) is 5.91 Å². The van der Waals surface area contributed by atoms with Gasteiger partial charge >= 0.3 is 6.18 Å². The lowest BCUT2D eigenvalue weighted by Crippen LogP contribution is -2.24. The zero-order chi connectivity index (χ0) is 18.2. The molecule has 1 amide bonds. The first-order chi connectivity index (χ1) is 11.8. The van der Waals surface area contributed by atoms with Crippen LogP contribution in [0.5, 0.6) is 0 Å². The van der Waals surface area contributed by atoms with Gasteiger partial charge in [-0.1, -0.05) is 12.1 Å². The minimum Gasteiger partial charge on any atom is -0.335 e. The summed E-state index contributed by atoms with van der Waals surface area (Å²) in [5, 5.41) is 2.93. The van der Waals surface area contributed by atoms with Crippen LogP contribution in [0.25, 0.3) is 10.9 Å². The summed E-state index contributed by atoms with van der Waals surface area (Å²) in [7, 11) is 0. The van der Waals surface area contributed by atoms with Crippen molar-refractivity contribution in [2.75, 3.05) is 5.32 Å². The Morgan fingerprint density at radius 2 is 1.84 bits per heavy atom. The van der Waals surface area contributed by atoms with Crippen LogP contribution in [0.2, 0.25) is 0 Å². The Kier molecular flexibility index (Phi) is 4.24. The number of benzene rings is 2. The molecular weight excluding hydrogens is 336 g/mol. The molecule has 7 heteroatoms. The third-order valence-corrected chi connectivity index (χ3v) is 3.97. The van der Waals surface area contributed by atoms with Crippen LogP contribution in [0.3, 0.4) is 0 Å². The van der Waals surface area contributed by atoms with Gasteiger partial charge in [-0.2, -0.15) is 13.2 Å².